The second-order valence-corrected chi connectivity index (χ2v) is 8.71. The van der Waals surface area contributed by atoms with Crippen LogP contribution in [0.25, 0.3) is 10.8 Å². The zero-order valence-electron chi connectivity index (χ0n) is 13.6. The molecule has 7 heteroatoms. The van der Waals surface area contributed by atoms with Crippen LogP contribution in [-0.4, -0.2) is 27.9 Å². The van der Waals surface area contributed by atoms with Crippen LogP contribution in [-0.2, 0) is 4.79 Å². The summed E-state index contributed by atoms with van der Waals surface area (Å²) in [5.74, 6) is 3.27. The lowest BCUT2D eigenvalue weighted by molar-refractivity contribution is -0.119. The normalized spacial score (nSPS) is 26.6. The van der Waals surface area contributed by atoms with Crippen LogP contribution >= 0.6 is 23.1 Å². The number of carbonyl (C=O) groups is 1. The van der Waals surface area contributed by atoms with Gasteiger partial charge in [-0.3, -0.25) is 4.79 Å². The van der Waals surface area contributed by atoms with Crippen molar-refractivity contribution < 1.29 is 9.21 Å². The SMILES string of the molecule is CC(NC(=O)CSc1nnc(-c2cccs2)o1)C1CC2CCC1C2. The number of thioether (sulfide) groups is 1. The minimum atomic E-state index is 0.0474. The molecule has 2 aromatic rings. The van der Waals surface area contributed by atoms with Crippen molar-refractivity contribution in [1.82, 2.24) is 15.5 Å². The Kier molecular flexibility index (Phi) is 4.63. The van der Waals surface area contributed by atoms with Crippen LogP contribution in [0.1, 0.15) is 32.6 Å². The molecule has 128 valence electrons. The van der Waals surface area contributed by atoms with E-state index in [1.165, 1.54) is 37.4 Å². The monoisotopic (exact) mass is 363 g/mol. The minimum Gasteiger partial charge on any atom is -0.410 e. The van der Waals surface area contributed by atoms with Gasteiger partial charge < -0.3 is 9.73 Å². The molecule has 2 aliphatic rings. The molecule has 2 saturated carbocycles. The summed E-state index contributed by atoms with van der Waals surface area (Å²) in [5, 5.41) is 13.6. The van der Waals surface area contributed by atoms with E-state index in [0.717, 1.165) is 16.7 Å². The summed E-state index contributed by atoms with van der Waals surface area (Å²) < 4.78 is 5.59. The number of carbonyl (C=O) groups excluding carboxylic acids is 1. The third-order valence-corrected chi connectivity index (χ3v) is 6.97. The largest absolute Gasteiger partial charge is 0.410 e. The second kappa shape index (κ2) is 6.88. The molecule has 1 amide bonds. The molecule has 1 N–H and O–H groups in total. The number of amides is 1. The standard InChI is InChI=1S/C17H21N3O2S2/c1-10(13-8-11-4-5-12(13)7-11)18-15(21)9-24-17-20-19-16(22-17)14-3-2-6-23-14/h2-3,6,10-13H,4-5,7-9H2,1H3,(H,18,21). The number of rotatable bonds is 6. The summed E-state index contributed by atoms with van der Waals surface area (Å²) in [5.41, 5.74) is 0. The molecule has 4 rings (SSSR count). The first-order chi connectivity index (χ1) is 11.7. The zero-order chi connectivity index (χ0) is 16.5. The Morgan fingerprint density at radius 3 is 3.08 bits per heavy atom. The van der Waals surface area contributed by atoms with Crippen LogP contribution in [0.2, 0.25) is 0 Å². The van der Waals surface area contributed by atoms with Crippen molar-refractivity contribution in [3.63, 3.8) is 0 Å². The van der Waals surface area contributed by atoms with Crippen molar-refractivity contribution >= 4 is 29.0 Å². The number of hydrogen-bond acceptors (Lipinski definition) is 6. The third kappa shape index (κ3) is 3.37. The predicted molar refractivity (Wildman–Crippen MR) is 94.9 cm³/mol. The summed E-state index contributed by atoms with van der Waals surface area (Å²) in [6, 6.07) is 4.15. The Labute approximate surface area is 149 Å². The summed E-state index contributed by atoms with van der Waals surface area (Å²) in [6.07, 6.45) is 5.39. The Morgan fingerprint density at radius 1 is 1.46 bits per heavy atom. The summed E-state index contributed by atoms with van der Waals surface area (Å²) >= 11 is 2.86. The fraction of sp³-hybridized carbons (Fsp3) is 0.588. The molecule has 2 heterocycles. The van der Waals surface area contributed by atoms with Crippen LogP contribution in [0.3, 0.4) is 0 Å². The second-order valence-electron chi connectivity index (χ2n) is 6.83. The highest BCUT2D eigenvalue weighted by Gasteiger charge is 2.42. The lowest BCUT2D eigenvalue weighted by Crippen LogP contribution is -2.40. The van der Waals surface area contributed by atoms with E-state index in [9.17, 15) is 4.79 Å². The first kappa shape index (κ1) is 16.1. The topological polar surface area (TPSA) is 68.0 Å². The fourth-order valence-electron chi connectivity index (χ4n) is 4.20. The molecule has 0 spiro atoms. The summed E-state index contributed by atoms with van der Waals surface area (Å²) in [7, 11) is 0. The van der Waals surface area contributed by atoms with Gasteiger partial charge in [0.15, 0.2) is 0 Å². The molecule has 0 radical (unpaired) electrons. The molecule has 2 aliphatic carbocycles. The highest BCUT2D eigenvalue weighted by Crippen LogP contribution is 2.49. The maximum absolute atomic E-state index is 12.2. The molecular formula is C17H21N3O2S2. The molecule has 2 fully saturated rings. The molecule has 4 atom stereocenters. The van der Waals surface area contributed by atoms with E-state index in [1.807, 2.05) is 17.5 Å². The number of aromatic nitrogens is 2. The lowest BCUT2D eigenvalue weighted by Gasteiger charge is -2.28. The van der Waals surface area contributed by atoms with Crippen molar-refractivity contribution in [1.29, 1.82) is 0 Å². The third-order valence-electron chi connectivity index (χ3n) is 5.29. The molecule has 5 nitrogen and oxygen atoms in total. The van der Waals surface area contributed by atoms with Crippen molar-refractivity contribution in [2.45, 2.75) is 43.9 Å². The number of thiophene rings is 1. The van der Waals surface area contributed by atoms with Gasteiger partial charge in [0.2, 0.25) is 5.91 Å². The molecule has 0 aromatic carbocycles. The molecular weight excluding hydrogens is 342 g/mol. The van der Waals surface area contributed by atoms with Crippen LogP contribution in [0.5, 0.6) is 0 Å². The van der Waals surface area contributed by atoms with Crippen LogP contribution in [0.4, 0.5) is 0 Å². The number of nitrogens with one attached hydrogen (secondary N) is 1. The summed E-state index contributed by atoms with van der Waals surface area (Å²) in [4.78, 5) is 13.2. The van der Waals surface area contributed by atoms with Gasteiger partial charge in [-0.2, -0.15) is 0 Å². The molecule has 0 saturated heterocycles. The van der Waals surface area contributed by atoms with Gasteiger partial charge in [-0.1, -0.05) is 24.2 Å². The van der Waals surface area contributed by atoms with Crippen molar-refractivity contribution in [2.24, 2.45) is 17.8 Å². The number of fused-ring (bicyclic) bond motifs is 2. The first-order valence-electron chi connectivity index (χ1n) is 8.48. The average molecular weight is 364 g/mol. The number of nitrogens with zero attached hydrogens (tertiary/aromatic N) is 2. The molecule has 2 bridgehead atoms. The lowest BCUT2D eigenvalue weighted by atomic mass is 9.84. The van der Waals surface area contributed by atoms with E-state index in [-0.39, 0.29) is 11.9 Å². The maximum atomic E-state index is 12.2. The Hall–Kier alpha value is -1.34. The fourth-order valence-corrected chi connectivity index (χ4v) is 5.42. The van der Waals surface area contributed by atoms with Gasteiger partial charge >= 0.3 is 0 Å². The Balaban J connectivity index is 1.26. The predicted octanol–water partition coefficient (Wildman–Crippen LogP) is 3.83. The van der Waals surface area contributed by atoms with Crippen LogP contribution < -0.4 is 5.32 Å². The number of hydrogen-bond donors (Lipinski definition) is 1. The van der Waals surface area contributed by atoms with Crippen LogP contribution in [0, 0.1) is 17.8 Å². The van der Waals surface area contributed by atoms with E-state index in [0.29, 0.717) is 22.8 Å². The Morgan fingerprint density at radius 2 is 2.38 bits per heavy atom. The smallest absolute Gasteiger partial charge is 0.277 e. The average Bonchev–Trinajstić information content (AvgIpc) is 3.37. The van der Waals surface area contributed by atoms with E-state index in [4.69, 9.17) is 4.42 Å². The summed E-state index contributed by atoms with van der Waals surface area (Å²) in [6.45, 7) is 2.15. The zero-order valence-corrected chi connectivity index (χ0v) is 15.2. The van der Waals surface area contributed by atoms with Gasteiger partial charge in [0.25, 0.3) is 11.1 Å². The highest BCUT2D eigenvalue weighted by atomic mass is 32.2. The van der Waals surface area contributed by atoms with Crippen molar-refractivity contribution in [3.8, 4) is 10.8 Å². The highest BCUT2D eigenvalue weighted by molar-refractivity contribution is 7.99. The van der Waals surface area contributed by atoms with E-state index >= 15 is 0 Å². The molecule has 0 aliphatic heterocycles. The van der Waals surface area contributed by atoms with Gasteiger partial charge in [-0.05, 0) is 55.4 Å². The van der Waals surface area contributed by atoms with E-state index < -0.39 is 0 Å². The molecule has 24 heavy (non-hydrogen) atoms. The van der Waals surface area contributed by atoms with Gasteiger partial charge in [0.05, 0.1) is 10.6 Å². The van der Waals surface area contributed by atoms with E-state index in [2.05, 4.69) is 22.4 Å². The molecule has 2 aromatic heterocycles. The minimum absolute atomic E-state index is 0.0474. The van der Waals surface area contributed by atoms with Crippen molar-refractivity contribution in [3.05, 3.63) is 17.5 Å². The van der Waals surface area contributed by atoms with Gasteiger partial charge in [0.1, 0.15) is 0 Å². The van der Waals surface area contributed by atoms with Gasteiger partial charge in [0, 0.05) is 6.04 Å². The first-order valence-corrected chi connectivity index (χ1v) is 10.3. The quantitative estimate of drug-likeness (QED) is 0.790. The maximum Gasteiger partial charge on any atom is 0.277 e. The van der Waals surface area contributed by atoms with Crippen molar-refractivity contribution in [2.75, 3.05) is 5.75 Å². The van der Waals surface area contributed by atoms with Gasteiger partial charge in [-0.25, -0.2) is 0 Å². The van der Waals surface area contributed by atoms with E-state index in [1.54, 1.807) is 11.3 Å². The Bertz CT molecular complexity index is 701. The van der Waals surface area contributed by atoms with Gasteiger partial charge in [-0.15, -0.1) is 21.5 Å². The van der Waals surface area contributed by atoms with Crippen LogP contribution in [0.15, 0.2) is 27.2 Å². The molecule has 4 unspecified atom stereocenters.